The van der Waals surface area contributed by atoms with Gasteiger partial charge in [0.1, 0.15) is 5.41 Å². The summed E-state index contributed by atoms with van der Waals surface area (Å²) in [5.74, 6) is -0.0994. The maximum absolute atomic E-state index is 12.5. The first kappa shape index (κ1) is 12.6. The van der Waals surface area contributed by atoms with Crippen LogP contribution >= 0.6 is 0 Å². The zero-order valence-corrected chi connectivity index (χ0v) is 10.6. The monoisotopic (exact) mass is 243 g/mol. The van der Waals surface area contributed by atoms with E-state index in [1.165, 1.54) is 0 Å². The minimum Gasteiger partial charge on any atom is -0.313 e. The van der Waals surface area contributed by atoms with Crippen LogP contribution in [-0.4, -0.2) is 17.9 Å². The molecule has 0 radical (unpaired) electrons. The van der Waals surface area contributed by atoms with Crippen LogP contribution in [-0.2, 0) is 4.79 Å². The maximum Gasteiger partial charge on any atom is 0.247 e. The van der Waals surface area contributed by atoms with Crippen LogP contribution in [0.15, 0.2) is 24.5 Å². The van der Waals surface area contributed by atoms with E-state index in [-0.39, 0.29) is 5.91 Å². The van der Waals surface area contributed by atoms with Gasteiger partial charge in [0.2, 0.25) is 5.91 Å². The van der Waals surface area contributed by atoms with Crippen molar-refractivity contribution in [2.45, 2.75) is 32.1 Å². The number of hydrogen-bond acceptors (Lipinski definition) is 3. The molecule has 0 saturated heterocycles. The van der Waals surface area contributed by atoms with E-state index >= 15 is 0 Å². The SMILES string of the molecule is CN(C(=O)C1(C#N)CCCCC1)c1cccnc1. The molecule has 18 heavy (non-hydrogen) atoms. The van der Waals surface area contributed by atoms with Crippen molar-refractivity contribution in [2.24, 2.45) is 5.41 Å². The van der Waals surface area contributed by atoms with Crippen LogP contribution < -0.4 is 4.90 Å². The van der Waals surface area contributed by atoms with E-state index < -0.39 is 5.41 Å². The van der Waals surface area contributed by atoms with Crippen LogP contribution in [0.4, 0.5) is 5.69 Å². The number of carbonyl (C=O) groups excluding carboxylic acids is 1. The molecule has 0 bridgehead atoms. The molecule has 0 aromatic carbocycles. The summed E-state index contributed by atoms with van der Waals surface area (Å²) in [6.07, 6.45) is 7.70. The Kier molecular flexibility index (Phi) is 3.61. The Hall–Kier alpha value is -1.89. The molecule has 0 spiro atoms. The number of nitriles is 1. The van der Waals surface area contributed by atoms with Crippen molar-refractivity contribution >= 4 is 11.6 Å². The third-order valence-corrected chi connectivity index (χ3v) is 3.67. The molecule has 4 heteroatoms. The zero-order valence-electron chi connectivity index (χ0n) is 10.6. The van der Waals surface area contributed by atoms with Gasteiger partial charge in [-0.2, -0.15) is 5.26 Å². The normalized spacial score (nSPS) is 17.8. The quantitative estimate of drug-likeness (QED) is 0.802. The van der Waals surface area contributed by atoms with Gasteiger partial charge in [-0.15, -0.1) is 0 Å². The molecule has 1 aliphatic rings. The number of hydrogen-bond donors (Lipinski definition) is 0. The van der Waals surface area contributed by atoms with Crippen molar-refractivity contribution < 1.29 is 4.79 Å². The molecular formula is C14H17N3O. The highest BCUT2D eigenvalue weighted by molar-refractivity contribution is 5.98. The van der Waals surface area contributed by atoms with Gasteiger partial charge < -0.3 is 4.90 Å². The highest BCUT2D eigenvalue weighted by Gasteiger charge is 2.41. The van der Waals surface area contributed by atoms with E-state index in [1.807, 2.05) is 6.07 Å². The molecule has 1 aromatic rings. The van der Waals surface area contributed by atoms with Gasteiger partial charge in [0.25, 0.3) is 0 Å². The lowest BCUT2D eigenvalue weighted by atomic mass is 9.74. The Morgan fingerprint density at radius 1 is 1.44 bits per heavy atom. The van der Waals surface area contributed by atoms with E-state index in [1.54, 1.807) is 30.4 Å². The van der Waals surface area contributed by atoms with Gasteiger partial charge in [0, 0.05) is 13.2 Å². The summed E-state index contributed by atoms with van der Waals surface area (Å²) in [6, 6.07) is 5.88. The Morgan fingerprint density at radius 2 is 2.17 bits per heavy atom. The number of rotatable bonds is 2. The van der Waals surface area contributed by atoms with Gasteiger partial charge in [-0.3, -0.25) is 9.78 Å². The molecule has 1 amide bonds. The van der Waals surface area contributed by atoms with Crippen molar-refractivity contribution in [3.63, 3.8) is 0 Å². The molecule has 1 aromatic heterocycles. The van der Waals surface area contributed by atoms with Crippen LogP contribution in [0.25, 0.3) is 0 Å². The summed E-state index contributed by atoms with van der Waals surface area (Å²) in [7, 11) is 1.72. The summed E-state index contributed by atoms with van der Waals surface area (Å²) >= 11 is 0. The predicted molar refractivity (Wildman–Crippen MR) is 68.8 cm³/mol. The molecule has 1 saturated carbocycles. The van der Waals surface area contributed by atoms with Gasteiger partial charge in [-0.1, -0.05) is 19.3 Å². The molecule has 2 rings (SSSR count). The lowest BCUT2D eigenvalue weighted by Gasteiger charge is -2.32. The average molecular weight is 243 g/mol. The van der Waals surface area contributed by atoms with Crippen molar-refractivity contribution in [3.8, 4) is 6.07 Å². The first-order valence-corrected chi connectivity index (χ1v) is 6.29. The van der Waals surface area contributed by atoms with Crippen LogP contribution in [0.1, 0.15) is 32.1 Å². The zero-order chi connectivity index (χ0) is 13.0. The van der Waals surface area contributed by atoms with Crippen LogP contribution in [0.3, 0.4) is 0 Å². The minimum absolute atomic E-state index is 0.0994. The van der Waals surface area contributed by atoms with Crippen molar-refractivity contribution in [1.29, 1.82) is 5.26 Å². The minimum atomic E-state index is -0.831. The van der Waals surface area contributed by atoms with Crippen LogP contribution in [0.2, 0.25) is 0 Å². The van der Waals surface area contributed by atoms with Gasteiger partial charge in [0.15, 0.2) is 0 Å². The molecule has 1 heterocycles. The largest absolute Gasteiger partial charge is 0.313 e. The maximum atomic E-state index is 12.5. The second-order valence-corrected chi connectivity index (χ2v) is 4.83. The second kappa shape index (κ2) is 5.18. The summed E-state index contributed by atoms with van der Waals surface area (Å²) in [5, 5.41) is 9.39. The highest BCUT2D eigenvalue weighted by atomic mass is 16.2. The number of carbonyl (C=O) groups is 1. The lowest BCUT2D eigenvalue weighted by molar-refractivity contribution is -0.126. The van der Waals surface area contributed by atoms with E-state index in [9.17, 15) is 10.1 Å². The summed E-state index contributed by atoms with van der Waals surface area (Å²) < 4.78 is 0. The smallest absolute Gasteiger partial charge is 0.247 e. The molecule has 4 nitrogen and oxygen atoms in total. The number of anilines is 1. The topological polar surface area (TPSA) is 57.0 Å². The highest BCUT2D eigenvalue weighted by Crippen LogP contribution is 2.37. The number of amides is 1. The molecule has 94 valence electrons. The third kappa shape index (κ3) is 2.21. The second-order valence-electron chi connectivity index (χ2n) is 4.83. The summed E-state index contributed by atoms with van der Waals surface area (Å²) in [4.78, 5) is 18.1. The molecule has 0 atom stereocenters. The Labute approximate surface area is 107 Å². The van der Waals surface area contributed by atoms with Crippen LogP contribution in [0, 0.1) is 16.7 Å². The van der Waals surface area contributed by atoms with E-state index in [4.69, 9.17) is 0 Å². The first-order valence-electron chi connectivity index (χ1n) is 6.29. The average Bonchev–Trinajstić information content (AvgIpc) is 2.47. The Morgan fingerprint density at radius 3 is 2.72 bits per heavy atom. The molecule has 0 aliphatic heterocycles. The first-order chi connectivity index (χ1) is 8.69. The summed E-state index contributed by atoms with van der Waals surface area (Å²) in [5.41, 5.74) is -0.0919. The predicted octanol–water partition coefficient (Wildman–Crippen LogP) is 2.52. The van der Waals surface area contributed by atoms with Gasteiger partial charge >= 0.3 is 0 Å². The fraction of sp³-hybridized carbons (Fsp3) is 0.500. The van der Waals surface area contributed by atoms with Crippen molar-refractivity contribution in [2.75, 3.05) is 11.9 Å². The molecule has 1 fully saturated rings. The molecule has 1 aliphatic carbocycles. The van der Waals surface area contributed by atoms with Crippen molar-refractivity contribution in [3.05, 3.63) is 24.5 Å². The summed E-state index contributed by atoms with van der Waals surface area (Å²) in [6.45, 7) is 0. The standard InChI is InChI=1S/C14H17N3O/c1-17(12-6-5-9-16-10-12)13(18)14(11-15)7-3-2-4-8-14/h5-6,9-10H,2-4,7-8H2,1H3. The molecule has 0 N–H and O–H groups in total. The Bertz CT molecular complexity index is 458. The number of pyridine rings is 1. The van der Waals surface area contributed by atoms with Gasteiger partial charge in [-0.05, 0) is 25.0 Å². The molecule has 0 unspecified atom stereocenters. The number of aromatic nitrogens is 1. The fourth-order valence-corrected chi connectivity index (χ4v) is 2.52. The molecular weight excluding hydrogens is 226 g/mol. The Balaban J connectivity index is 2.22. The van der Waals surface area contributed by atoms with Gasteiger partial charge in [-0.25, -0.2) is 0 Å². The van der Waals surface area contributed by atoms with Crippen molar-refractivity contribution in [1.82, 2.24) is 4.98 Å². The van der Waals surface area contributed by atoms with Crippen LogP contribution in [0.5, 0.6) is 0 Å². The number of nitrogens with zero attached hydrogens (tertiary/aromatic N) is 3. The van der Waals surface area contributed by atoms with E-state index in [0.717, 1.165) is 24.9 Å². The van der Waals surface area contributed by atoms with E-state index in [2.05, 4.69) is 11.1 Å². The van der Waals surface area contributed by atoms with E-state index in [0.29, 0.717) is 12.8 Å². The third-order valence-electron chi connectivity index (χ3n) is 3.67. The van der Waals surface area contributed by atoms with Gasteiger partial charge in [0.05, 0.1) is 18.0 Å². The lowest BCUT2D eigenvalue weighted by Crippen LogP contribution is -2.42. The fourth-order valence-electron chi connectivity index (χ4n) is 2.52.